The highest BCUT2D eigenvalue weighted by Crippen LogP contribution is 2.44. The highest BCUT2D eigenvalue weighted by molar-refractivity contribution is 7.10. The highest BCUT2D eigenvalue weighted by Gasteiger charge is 2.39. The van der Waals surface area contributed by atoms with E-state index in [0.717, 1.165) is 46.0 Å². The van der Waals surface area contributed by atoms with Crippen LogP contribution in [0.25, 0.3) is 0 Å². The number of aryl methyl sites for hydroxylation is 1. The van der Waals surface area contributed by atoms with Crippen LogP contribution < -0.4 is 10.1 Å². The minimum Gasteiger partial charge on any atom is -0.490 e. The predicted octanol–water partition coefficient (Wildman–Crippen LogP) is 4.65. The molecule has 0 bridgehead atoms. The van der Waals surface area contributed by atoms with E-state index in [-0.39, 0.29) is 24.9 Å². The number of rotatable bonds is 6. The van der Waals surface area contributed by atoms with Crippen LogP contribution in [0.3, 0.4) is 0 Å². The molecule has 1 aliphatic heterocycles. The Bertz CT molecular complexity index is 1020. The van der Waals surface area contributed by atoms with Gasteiger partial charge in [0.25, 0.3) is 0 Å². The summed E-state index contributed by atoms with van der Waals surface area (Å²) in [6, 6.07) is 11.5. The number of nitrogens with one attached hydrogen (secondary N) is 1. The van der Waals surface area contributed by atoms with E-state index in [2.05, 4.69) is 16.8 Å². The lowest BCUT2D eigenvalue weighted by Gasteiger charge is -2.33. The molecule has 2 aliphatic rings. The van der Waals surface area contributed by atoms with Crippen LogP contribution in [0.2, 0.25) is 0 Å². The fraction of sp³-hybridized carbons (Fsp3) is 0.333. The maximum Gasteiger partial charge on any atom is 0.336 e. The number of para-hydroxylation sites is 1. The molecule has 156 valence electrons. The number of thiophene rings is 1. The van der Waals surface area contributed by atoms with Gasteiger partial charge >= 0.3 is 5.97 Å². The summed E-state index contributed by atoms with van der Waals surface area (Å²) in [5.41, 5.74) is 4.07. The Labute approximate surface area is 180 Å². The van der Waals surface area contributed by atoms with Crippen molar-refractivity contribution in [1.29, 1.82) is 0 Å². The van der Waals surface area contributed by atoms with Crippen LogP contribution in [0, 0.1) is 6.92 Å². The van der Waals surface area contributed by atoms with Gasteiger partial charge in [0.15, 0.2) is 5.78 Å². The summed E-state index contributed by atoms with van der Waals surface area (Å²) in [5.74, 6) is 0.0794. The van der Waals surface area contributed by atoms with Gasteiger partial charge in [-0.1, -0.05) is 18.2 Å². The smallest absolute Gasteiger partial charge is 0.336 e. The summed E-state index contributed by atoms with van der Waals surface area (Å²) < 4.78 is 11.2. The van der Waals surface area contributed by atoms with Crippen molar-refractivity contribution in [3.05, 3.63) is 74.8 Å². The van der Waals surface area contributed by atoms with Gasteiger partial charge in [0, 0.05) is 28.3 Å². The van der Waals surface area contributed by atoms with Crippen molar-refractivity contribution in [2.45, 2.75) is 39.0 Å². The Balaban J connectivity index is 1.54. The third-order valence-corrected chi connectivity index (χ3v) is 6.47. The van der Waals surface area contributed by atoms with Crippen molar-refractivity contribution < 1.29 is 19.1 Å². The first kappa shape index (κ1) is 20.4. The molecule has 4 rings (SSSR count). The van der Waals surface area contributed by atoms with Crippen LogP contribution in [0.5, 0.6) is 5.75 Å². The molecule has 1 aromatic heterocycles. The van der Waals surface area contributed by atoms with Gasteiger partial charge in [-0.05, 0) is 55.8 Å². The average molecular weight is 424 g/mol. The van der Waals surface area contributed by atoms with Gasteiger partial charge < -0.3 is 14.8 Å². The second-order valence-electron chi connectivity index (χ2n) is 7.59. The molecule has 1 aliphatic carbocycles. The van der Waals surface area contributed by atoms with Gasteiger partial charge in [-0.25, -0.2) is 4.79 Å². The molecule has 5 nitrogen and oxygen atoms in total. The topological polar surface area (TPSA) is 64.6 Å². The summed E-state index contributed by atoms with van der Waals surface area (Å²) >= 11 is 1.58. The molecule has 0 saturated carbocycles. The summed E-state index contributed by atoms with van der Waals surface area (Å²) in [6.07, 6.45) is 2.19. The number of benzene rings is 1. The molecule has 2 aromatic rings. The Morgan fingerprint density at radius 3 is 2.70 bits per heavy atom. The molecule has 30 heavy (non-hydrogen) atoms. The molecule has 0 radical (unpaired) electrons. The number of hydrogen-bond donors (Lipinski definition) is 1. The van der Waals surface area contributed by atoms with Crippen LogP contribution in [0.1, 0.15) is 42.5 Å². The maximum atomic E-state index is 13.1. The van der Waals surface area contributed by atoms with Crippen molar-refractivity contribution in [1.82, 2.24) is 5.32 Å². The first-order chi connectivity index (χ1) is 14.5. The zero-order chi connectivity index (χ0) is 21.1. The number of carbonyl (C=O) groups is 2. The first-order valence-corrected chi connectivity index (χ1v) is 11.1. The minimum atomic E-state index is -0.405. The number of hydrogen-bond acceptors (Lipinski definition) is 6. The molecule has 2 heterocycles. The van der Waals surface area contributed by atoms with Gasteiger partial charge in [0.1, 0.15) is 19.0 Å². The zero-order valence-electron chi connectivity index (χ0n) is 17.2. The quantitative estimate of drug-likeness (QED) is 0.541. The van der Waals surface area contributed by atoms with Gasteiger partial charge in [-0.15, -0.1) is 11.3 Å². The van der Waals surface area contributed by atoms with Crippen LogP contribution in [0.4, 0.5) is 0 Å². The highest BCUT2D eigenvalue weighted by atomic mass is 32.1. The van der Waals surface area contributed by atoms with Gasteiger partial charge in [-0.2, -0.15) is 0 Å². The zero-order valence-corrected chi connectivity index (χ0v) is 18.0. The Morgan fingerprint density at radius 2 is 1.97 bits per heavy atom. The standard InChI is InChI=1S/C24H25NO4S/c1-15-13-20(30-14-15)23-21(16(2)25-18-9-6-10-19(26)22(18)23)24(27)29-12-11-28-17-7-4-3-5-8-17/h3-5,7-8,13-14,23,25H,6,9-12H2,1-2H3. The van der Waals surface area contributed by atoms with Gasteiger partial charge in [-0.3, -0.25) is 4.79 Å². The SMILES string of the molecule is CC1=C(C(=O)OCCOc2ccccc2)C(c2cc(C)cs2)C2=C(CCCC2=O)N1. The molecule has 0 spiro atoms. The third-order valence-electron chi connectivity index (χ3n) is 5.36. The maximum absolute atomic E-state index is 13.1. The number of carbonyl (C=O) groups excluding carboxylic acids is 2. The average Bonchev–Trinajstić information content (AvgIpc) is 3.17. The molecule has 6 heteroatoms. The van der Waals surface area contributed by atoms with Crippen LogP contribution >= 0.6 is 11.3 Å². The Kier molecular flexibility index (Phi) is 6.04. The number of esters is 1. The lowest BCUT2D eigenvalue weighted by atomic mass is 9.78. The summed E-state index contributed by atoms with van der Waals surface area (Å²) in [7, 11) is 0. The van der Waals surface area contributed by atoms with E-state index >= 15 is 0 Å². The molecular weight excluding hydrogens is 398 g/mol. The number of Topliss-reactive ketones (excluding diaryl/α,β-unsaturated/α-hetero) is 1. The normalized spacial score (nSPS) is 18.7. The summed E-state index contributed by atoms with van der Waals surface area (Å²) in [4.78, 5) is 26.9. The number of allylic oxidation sites excluding steroid dienone is 3. The van der Waals surface area contributed by atoms with E-state index in [1.54, 1.807) is 11.3 Å². The van der Waals surface area contributed by atoms with E-state index in [9.17, 15) is 9.59 Å². The lowest BCUT2D eigenvalue weighted by Crippen LogP contribution is -2.34. The third kappa shape index (κ3) is 4.19. The van der Waals surface area contributed by atoms with Crippen LogP contribution in [0.15, 0.2) is 64.3 Å². The predicted molar refractivity (Wildman–Crippen MR) is 116 cm³/mol. The summed E-state index contributed by atoms with van der Waals surface area (Å²) in [5, 5.41) is 5.37. The molecule has 1 N–H and O–H groups in total. The molecule has 1 unspecified atom stereocenters. The van der Waals surface area contributed by atoms with E-state index in [4.69, 9.17) is 9.47 Å². The molecular formula is C24H25NO4S. The second-order valence-corrected chi connectivity index (χ2v) is 8.53. The second kappa shape index (κ2) is 8.88. The molecule has 0 saturated heterocycles. The van der Waals surface area contributed by atoms with Crippen molar-refractivity contribution in [3.63, 3.8) is 0 Å². The van der Waals surface area contributed by atoms with E-state index in [1.807, 2.05) is 44.2 Å². The molecule has 1 atom stereocenters. The van der Waals surface area contributed by atoms with Crippen molar-refractivity contribution in [2.24, 2.45) is 0 Å². The monoisotopic (exact) mass is 423 g/mol. The number of dihydropyridines is 1. The van der Waals surface area contributed by atoms with E-state index in [0.29, 0.717) is 12.0 Å². The molecule has 0 fully saturated rings. The first-order valence-electron chi connectivity index (χ1n) is 10.2. The van der Waals surface area contributed by atoms with E-state index < -0.39 is 5.97 Å². The molecule has 1 aromatic carbocycles. The van der Waals surface area contributed by atoms with Crippen molar-refractivity contribution >= 4 is 23.1 Å². The fourth-order valence-corrected chi connectivity index (χ4v) is 5.05. The van der Waals surface area contributed by atoms with Crippen molar-refractivity contribution in [3.8, 4) is 5.75 Å². The van der Waals surface area contributed by atoms with Crippen molar-refractivity contribution in [2.75, 3.05) is 13.2 Å². The van der Waals surface area contributed by atoms with Gasteiger partial charge in [0.2, 0.25) is 0 Å². The Morgan fingerprint density at radius 1 is 1.17 bits per heavy atom. The number of ketones is 1. The number of ether oxygens (including phenoxy) is 2. The summed E-state index contributed by atoms with van der Waals surface area (Å²) in [6.45, 7) is 4.31. The van der Waals surface area contributed by atoms with Crippen LogP contribution in [-0.4, -0.2) is 25.0 Å². The molecule has 0 amide bonds. The largest absolute Gasteiger partial charge is 0.490 e. The fourth-order valence-electron chi connectivity index (χ4n) is 4.03. The van der Waals surface area contributed by atoms with E-state index in [1.165, 1.54) is 0 Å². The van der Waals surface area contributed by atoms with Crippen LogP contribution in [-0.2, 0) is 14.3 Å². The minimum absolute atomic E-state index is 0.116. The van der Waals surface area contributed by atoms with Gasteiger partial charge in [0.05, 0.1) is 11.5 Å². The Hall–Kier alpha value is -2.86. The lowest BCUT2D eigenvalue weighted by molar-refractivity contribution is -0.140.